The maximum Gasteiger partial charge on any atom is 0.138 e. The van der Waals surface area contributed by atoms with Crippen LogP contribution in [0, 0.1) is 12.8 Å². The van der Waals surface area contributed by atoms with Gasteiger partial charge in [-0.25, -0.2) is 0 Å². The van der Waals surface area contributed by atoms with Crippen LogP contribution in [-0.4, -0.2) is 10.9 Å². The highest BCUT2D eigenvalue weighted by Crippen LogP contribution is 2.61. The standard InChI is InChI=1S/C15H17Br3O/c1-8-11(17)6-10-13(12(8)18)19-15(7-16)5-4-14(10,3)9(15)2/h6,9H,4-5,7H2,1-3H3/t9-,14-,15-/m1/s1. The Hall–Kier alpha value is 0.460. The molecule has 0 amide bonds. The molecule has 2 bridgehead atoms. The van der Waals surface area contributed by atoms with Gasteiger partial charge in [-0.1, -0.05) is 45.7 Å². The van der Waals surface area contributed by atoms with Crippen molar-refractivity contribution in [1.29, 1.82) is 0 Å². The van der Waals surface area contributed by atoms with Crippen LogP contribution in [0.5, 0.6) is 5.75 Å². The van der Waals surface area contributed by atoms with Crippen molar-refractivity contribution < 1.29 is 4.74 Å². The molecule has 1 aromatic rings. The number of ether oxygens (including phenoxy) is 1. The molecule has 1 heterocycles. The van der Waals surface area contributed by atoms with Gasteiger partial charge in [-0.3, -0.25) is 0 Å². The average molecular weight is 453 g/mol. The molecule has 3 atom stereocenters. The van der Waals surface area contributed by atoms with Crippen molar-refractivity contribution >= 4 is 47.8 Å². The first kappa shape index (κ1) is 14.4. The maximum atomic E-state index is 6.49. The normalized spacial score (nSPS) is 36.0. The van der Waals surface area contributed by atoms with Gasteiger partial charge in [0.05, 0.1) is 4.47 Å². The van der Waals surface area contributed by atoms with E-state index >= 15 is 0 Å². The van der Waals surface area contributed by atoms with Gasteiger partial charge in [0.1, 0.15) is 11.4 Å². The van der Waals surface area contributed by atoms with Gasteiger partial charge in [0.15, 0.2) is 0 Å². The third kappa shape index (κ3) is 1.75. The first-order chi connectivity index (χ1) is 8.85. The summed E-state index contributed by atoms with van der Waals surface area (Å²) in [5.74, 6) is 1.58. The van der Waals surface area contributed by atoms with E-state index in [1.165, 1.54) is 17.5 Å². The lowest BCUT2D eigenvalue weighted by atomic mass is 9.70. The Morgan fingerprint density at radius 2 is 2.05 bits per heavy atom. The number of halogens is 3. The van der Waals surface area contributed by atoms with E-state index in [1.807, 2.05) is 0 Å². The Morgan fingerprint density at radius 1 is 1.37 bits per heavy atom. The van der Waals surface area contributed by atoms with E-state index in [2.05, 4.69) is 74.6 Å². The van der Waals surface area contributed by atoms with Crippen LogP contribution in [0.1, 0.15) is 37.8 Å². The Bertz CT molecular complexity index is 557. The molecule has 1 aliphatic carbocycles. The third-order valence-electron chi connectivity index (χ3n) is 5.36. The number of hydrogen-bond donors (Lipinski definition) is 0. The summed E-state index contributed by atoms with van der Waals surface area (Å²) in [6, 6.07) is 2.26. The van der Waals surface area contributed by atoms with Crippen molar-refractivity contribution in [3.8, 4) is 5.75 Å². The van der Waals surface area contributed by atoms with Gasteiger partial charge >= 0.3 is 0 Å². The summed E-state index contributed by atoms with van der Waals surface area (Å²) in [6.45, 7) is 6.83. The van der Waals surface area contributed by atoms with Crippen molar-refractivity contribution in [3.63, 3.8) is 0 Å². The summed E-state index contributed by atoms with van der Waals surface area (Å²) in [6.07, 6.45) is 2.31. The number of hydrogen-bond acceptors (Lipinski definition) is 1. The van der Waals surface area contributed by atoms with Gasteiger partial charge in [0.2, 0.25) is 0 Å². The van der Waals surface area contributed by atoms with Crippen molar-refractivity contribution in [2.24, 2.45) is 5.92 Å². The molecule has 2 aliphatic rings. The molecule has 19 heavy (non-hydrogen) atoms. The second kappa shape index (κ2) is 4.48. The van der Waals surface area contributed by atoms with E-state index in [0.717, 1.165) is 26.4 Å². The molecule has 1 aromatic carbocycles. The van der Waals surface area contributed by atoms with E-state index in [1.54, 1.807) is 0 Å². The largest absolute Gasteiger partial charge is 0.485 e. The lowest BCUT2D eigenvalue weighted by Gasteiger charge is -2.45. The minimum absolute atomic E-state index is 0.0511. The second-order valence-electron chi connectivity index (χ2n) is 6.11. The fraction of sp³-hybridized carbons (Fsp3) is 0.600. The van der Waals surface area contributed by atoms with E-state index in [0.29, 0.717) is 5.92 Å². The molecular formula is C15H17Br3O. The summed E-state index contributed by atoms with van der Waals surface area (Å²) in [7, 11) is 0. The fourth-order valence-electron chi connectivity index (χ4n) is 3.62. The van der Waals surface area contributed by atoms with Crippen molar-refractivity contribution in [2.75, 3.05) is 5.33 Å². The number of rotatable bonds is 1. The first-order valence-electron chi connectivity index (χ1n) is 6.60. The summed E-state index contributed by atoms with van der Waals surface area (Å²) in [5, 5.41) is 0.901. The van der Waals surface area contributed by atoms with Gasteiger partial charge in [-0.15, -0.1) is 0 Å². The molecule has 0 N–H and O–H groups in total. The molecule has 0 saturated heterocycles. The predicted octanol–water partition coefficient (Wildman–Crippen LogP) is 5.73. The van der Waals surface area contributed by atoms with E-state index in [9.17, 15) is 0 Å². The molecule has 3 rings (SSSR count). The zero-order valence-corrected chi connectivity index (χ0v) is 16.1. The lowest BCUT2D eigenvalue weighted by Crippen LogP contribution is -2.49. The molecular weight excluding hydrogens is 436 g/mol. The molecule has 1 fully saturated rings. The number of fused-ring (bicyclic) bond motifs is 4. The van der Waals surface area contributed by atoms with E-state index < -0.39 is 0 Å². The highest BCUT2D eigenvalue weighted by molar-refractivity contribution is 9.11. The predicted molar refractivity (Wildman–Crippen MR) is 89.5 cm³/mol. The second-order valence-corrected chi connectivity index (χ2v) is 8.32. The quantitative estimate of drug-likeness (QED) is 0.494. The molecule has 0 radical (unpaired) electrons. The zero-order valence-electron chi connectivity index (χ0n) is 11.3. The molecule has 4 heteroatoms. The molecule has 1 nitrogen and oxygen atoms in total. The van der Waals surface area contributed by atoms with Gasteiger partial charge in [0, 0.05) is 26.7 Å². The van der Waals surface area contributed by atoms with Crippen molar-refractivity contribution in [1.82, 2.24) is 0 Å². The van der Waals surface area contributed by atoms with Gasteiger partial charge < -0.3 is 4.74 Å². The maximum absolute atomic E-state index is 6.49. The number of benzene rings is 1. The average Bonchev–Trinajstić information content (AvgIpc) is 2.57. The Morgan fingerprint density at radius 3 is 2.68 bits per heavy atom. The molecule has 0 unspecified atom stereocenters. The summed E-state index contributed by atoms with van der Waals surface area (Å²) in [4.78, 5) is 0. The summed E-state index contributed by atoms with van der Waals surface area (Å²) < 4.78 is 8.75. The van der Waals surface area contributed by atoms with Crippen LogP contribution in [0.4, 0.5) is 0 Å². The molecule has 0 spiro atoms. The SMILES string of the molecule is Cc1c(Br)cc2c(c1Br)O[C@@]1(CBr)CC[C@]2(C)[C@H]1C. The molecule has 104 valence electrons. The fourth-order valence-corrected chi connectivity index (χ4v) is 5.70. The van der Waals surface area contributed by atoms with E-state index in [-0.39, 0.29) is 11.0 Å². The molecule has 0 aromatic heterocycles. The van der Waals surface area contributed by atoms with Gasteiger partial charge in [-0.2, -0.15) is 0 Å². The van der Waals surface area contributed by atoms with Gasteiger partial charge in [-0.05, 0) is 47.3 Å². The summed E-state index contributed by atoms with van der Waals surface area (Å²) in [5.41, 5.74) is 2.71. The van der Waals surface area contributed by atoms with Crippen LogP contribution in [0.25, 0.3) is 0 Å². The van der Waals surface area contributed by atoms with Crippen LogP contribution >= 0.6 is 47.8 Å². The van der Waals surface area contributed by atoms with Crippen LogP contribution in [-0.2, 0) is 5.41 Å². The van der Waals surface area contributed by atoms with Crippen LogP contribution < -0.4 is 4.74 Å². The first-order valence-corrected chi connectivity index (χ1v) is 9.30. The van der Waals surface area contributed by atoms with Crippen LogP contribution in [0.15, 0.2) is 15.0 Å². The van der Waals surface area contributed by atoms with Gasteiger partial charge in [0.25, 0.3) is 0 Å². The minimum atomic E-state index is -0.0511. The zero-order chi connectivity index (χ0) is 14.0. The Labute approximate surface area is 139 Å². The summed E-state index contributed by atoms with van der Waals surface area (Å²) >= 11 is 11.1. The minimum Gasteiger partial charge on any atom is -0.485 e. The highest BCUT2D eigenvalue weighted by Gasteiger charge is 2.58. The third-order valence-corrected chi connectivity index (χ3v) is 8.09. The molecule has 1 saturated carbocycles. The van der Waals surface area contributed by atoms with E-state index in [4.69, 9.17) is 4.74 Å². The monoisotopic (exact) mass is 450 g/mol. The highest BCUT2D eigenvalue weighted by atomic mass is 79.9. The lowest BCUT2D eigenvalue weighted by molar-refractivity contribution is 0.0262. The number of alkyl halides is 1. The Balaban J connectivity index is 2.29. The smallest absolute Gasteiger partial charge is 0.138 e. The topological polar surface area (TPSA) is 9.23 Å². The Kier molecular flexibility index (Phi) is 3.39. The van der Waals surface area contributed by atoms with Crippen LogP contribution in [0.3, 0.4) is 0 Å². The molecule has 1 aliphatic heterocycles. The van der Waals surface area contributed by atoms with Crippen molar-refractivity contribution in [3.05, 3.63) is 26.1 Å². The van der Waals surface area contributed by atoms with Crippen molar-refractivity contribution in [2.45, 2.75) is 44.6 Å². The van der Waals surface area contributed by atoms with Crippen LogP contribution in [0.2, 0.25) is 0 Å².